The van der Waals surface area contributed by atoms with Crippen LogP contribution in [0.25, 0.3) is 0 Å². The zero-order valence-electron chi connectivity index (χ0n) is 11.4. The number of amides is 1. The predicted octanol–water partition coefficient (Wildman–Crippen LogP) is 2.63. The van der Waals surface area contributed by atoms with E-state index in [0.29, 0.717) is 13.0 Å². The molecule has 2 rings (SSSR count). The summed E-state index contributed by atoms with van der Waals surface area (Å²) in [4.78, 5) is 12.1. The standard InChI is InChI=1S/C14H19BrN2O2S/c1-19-8-11-12(15)3-2-4-13(11)17-14(18)7-10-9-20-6-5-16-10/h2-4,10,16H,5-9H2,1H3,(H,17,18). The molecule has 0 aliphatic carbocycles. The Balaban J connectivity index is 1.98. The van der Waals surface area contributed by atoms with Crippen molar-refractivity contribution in [3.05, 3.63) is 28.2 Å². The van der Waals surface area contributed by atoms with E-state index in [2.05, 4.69) is 26.6 Å². The minimum atomic E-state index is 0.0421. The van der Waals surface area contributed by atoms with E-state index in [1.807, 2.05) is 30.0 Å². The van der Waals surface area contributed by atoms with E-state index in [1.165, 1.54) is 0 Å². The summed E-state index contributed by atoms with van der Waals surface area (Å²) in [5.74, 6) is 2.17. The van der Waals surface area contributed by atoms with Crippen LogP contribution in [-0.2, 0) is 16.1 Å². The fourth-order valence-electron chi connectivity index (χ4n) is 2.14. The molecule has 1 unspecified atom stereocenters. The number of hydrogen-bond acceptors (Lipinski definition) is 4. The molecular formula is C14H19BrN2O2S. The van der Waals surface area contributed by atoms with Crippen LogP contribution in [0, 0.1) is 0 Å². The van der Waals surface area contributed by atoms with Gasteiger partial charge in [-0.2, -0.15) is 11.8 Å². The van der Waals surface area contributed by atoms with Crippen molar-refractivity contribution in [1.29, 1.82) is 0 Å². The van der Waals surface area contributed by atoms with Gasteiger partial charge >= 0.3 is 0 Å². The molecule has 0 radical (unpaired) electrons. The highest BCUT2D eigenvalue weighted by Gasteiger charge is 2.17. The van der Waals surface area contributed by atoms with Crippen LogP contribution in [-0.4, -0.2) is 37.1 Å². The second-order valence-corrected chi connectivity index (χ2v) is 6.68. The van der Waals surface area contributed by atoms with E-state index in [9.17, 15) is 4.79 Å². The first kappa shape index (κ1) is 15.8. The first-order valence-corrected chi connectivity index (χ1v) is 8.52. The van der Waals surface area contributed by atoms with Crippen LogP contribution in [0.4, 0.5) is 5.69 Å². The maximum Gasteiger partial charge on any atom is 0.225 e. The minimum absolute atomic E-state index is 0.0421. The Hall–Kier alpha value is -0.560. The highest BCUT2D eigenvalue weighted by atomic mass is 79.9. The van der Waals surface area contributed by atoms with Gasteiger partial charge in [0.15, 0.2) is 0 Å². The molecule has 2 N–H and O–H groups in total. The number of hydrogen-bond donors (Lipinski definition) is 2. The summed E-state index contributed by atoms with van der Waals surface area (Å²) >= 11 is 5.38. The van der Waals surface area contributed by atoms with Gasteiger partial charge in [0.05, 0.1) is 6.61 Å². The summed E-state index contributed by atoms with van der Waals surface area (Å²) in [5.41, 5.74) is 1.78. The van der Waals surface area contributed by atoms with Crippen molar-refractivity contribution in [3.8, 4) is 0 Å². The normalized spacial score (nSPS) is 18.8. The lowest BCUT2D eigenvalue weighted by Gasteiger charge is -2.22. The van der Waals surface area contributed by atoms with Crippen LogP contribution in [0.2, 0.25) is 0 Å². The van der Waals surface area contributed by atoms with Crippen molar-refractivity contribution >= 4 is 39.3 Å². The number of ether oxygens (including phenoxy) is 1. The van der Waals surface area contributed by atoms with Gasteiger partial charge in [0.2, 0.25) is 5.91 Å². The molecule has 1 saturated heterocycles. The fourth-order valence-corrected chi connectivity index (χ4v) is 3.57. The number of carbonyl (C=O) groups excluding carboxylic acids is 1. The molecule has 1 atom stereocenters. The van der Waals surface area contributed by atoms with Crippen LogP contribution >= 0.6 is 27.7 Å². The number of halogens is 1. The van der Waals surface area contributed by atoms with Gasteiger partial charge in [-0.1, -0.05) is 22.0 Å². The third-order valence-electron chi connectivity index (χ3n) is 3.11. The summed E-state index contributed by atoms with van der Waals surface area (Å²) in [6.45, 7) is 1.45. The molecule has 1 aromatic carbocycles. The zero-order chi connectivity index (χ0) is 14.4. The van der Waals surface area contributed by atoms with Crippen molar-refractivity contribution in [2.45, 2.75) is 19.1 Å². The Kier molecular flexibility index (Phi) is 6.35. The fraction of sp³-hybridized carbons (Fsp3) is 0.500. The van der Waals surface area contributed by atoms with Crippen molar-refractivity contribution in [3.63, 3.8) is 0 Å². The van der Waals surface area contributed by atoms with Crippen LogP contribution in [0.1, 0.15) is 12.0 Å². The lowest BCUT2D eigenvalue weighted by atomic mass is 10.1. The Morgan fingerprint density at radius 1 is 1.60 bits per heavy atom. The molecule has 110 valence electrons. The Labute approximate surface area is 132 Å². The second kappa shape index (κ2) is 8.02. The van der Waals surface area contributed by atoms with Crippen LogP contribution < -0.4 is 10.6 Å². The number of rotatable bonds is 5. The Bertz CT molecular complexity index is 464. The van der Waals surface area contributed by atoms with E-state index in [-0.39, 0.29) is 11.9 Å². The number of carbonyl (C=O) groups is 1. The first-order chi connectivity index (χ1) is 9.70. The molecule has 1 aliphatic heterocycles. The highest BCUT2D eigenvalue weighted by molar-refractivity contribution is 9.10. The van der Waals surface area contributed by atoms with Gasteiger partial charge < -0.3 is 15.4 Å². The molecule has 4 nitrogen and oxygen atoms in total. The summed E-state index contributed by atoms with van der Waals surface area (Å²) in [5, 5.41) is 6.36. The molecule has 20 heavy (non-hydrogen) atoms. The average molecular weight is 359 g/mol. The molecule has 0 saturated carbocycles. The molecule has 1 fully saturated rings. The Morgan fingerprint density at radius 2 is 2.45 bits per heavy atom. The highest BCUT2D eigenvalue weighted by Crippen LogP contribution is 2.25. The molecule has 1 aliphatic rings. The molecule has 1 amide bonds. The van der Waals surface area contributed by atoms with Gasteiger partial charge in [0.1, 0.15) is 0 Å². The van der Waals surface area contributed by atoms with Crippen LogP contribution in [0.3, 0.4) is 0 Å². The van der Waals surface area contributed by atoms with Gasteiger partial charge in [-0.05, 0) is 12.1 Å². The summed E-state index contributed by atoms with van der Waals surface area (Å²) < 4.78 is 6.13. The summed E-state index contributed by atoms with van der Waals surface area (Å²) in [6, 6.07) is 6.03. The lowest BCUT2D eigenvalue weighted by molar-refractivity contribution is -0.116. The third-order valence-corrected chi connectivity index (χ3v) is 4.99. The summed E-state index contributed by atoms with van der Waals surface area (Å²) in [7, 11) is 1.65. The van der Waals surface area contributed by atoms with E-state index in [4.69, 9.17) is 4.74 Å². The van der Waals surface area contributed by atoms with Gasteiger partial charge in [0.25, 0.3) is 0 Å². The van der Waals surface area contributed by atoms with Crippen molar-refractivity contribution in [2.75, 3.05) is 30.5 Å². The lowest BCUT2D eigenvalue weighted by Crippen LogP contribution is -2.40. The van der Waals surface area contributed by atoms with E-state index >= 15 is 0 Å². The molecule has 6 heteroatoms. The SMILES string of the molecule is COCc1c(Br)cccc1NC(=O)CC1CSCCN1. The molecule has 0 bridgehead atoms. The number of benzene rings is 1. The largest absolute Gasteiger partial charge is 0.380 e. The minimum Gasteiger partial charge on any atom is -0.380 e. The van der Waals surface area contributed by atoms with Gasteiger partial charge in [0, 0.05) is 53.3 Å². The predicted molar refractivity (Wildman–Crippen MR) is 87.2 cm³/mol. The smallest absolute Gasteiger partial charge is 0.225 e. The van der Waals surface area contributed by atoms with E-state index < -0.39 is 0 Å². The number of methoxy groups -OCH3 is 1. The molecular weight excluding hydrogens is 340 g/mol. The molecule has 1 heterocycles. The average Bonchev–Trinajstić information content (AvgIpc) is 2.44. The van der Waals surface area contributed by atoms with Gasteiger partial charge in [-0.3, -0.25) is 4.79 Å². The van der Waals surface area contributed by atoms with Crippen LogP contribution in [0.15, 0.2) is 22.7 Å². The zero-order valence-corrected chi connectivity index (χ0v) is 13.9. The number of nitrogens with one attached hydrogen (secondary N) is 2. The van der Waals surface area contributed by atoms with Crippen LogP contribution in [0.5, 0.6) is 0 Å². The molecule has 0 spiro atoms. The van der Waals surface area contributed by atoms with Gasteiger partial charge in [-0.15, -0.1) is 0 Å². The van der Waals surface area contributed by atoms with Gasteiger partial charge in [-0.25, -0.2) is 0 Å². The first-order valence-electron chi connectivity index (χ1n) is 6.58. The van der Waals surface area contributed by atoms with Crippen molar-refractivity contribution < 1.29 is 9.53 Å². The monoisotopic (exact) mass is 358 g/mol. The summed E-state index contributed by atoms with van der Waals surface area (Å²) in [6.07, 6.45) is 0.506. The molecule has 1 aromatic rings. The number of anilines is 1. The van der Waals surface area contributed by atoms with E-state index in [1.54, 1.807) is 7.11 Å². The maximum atomic E-state index is 12.1. The topological polar surface area (TPSA) is 50.4 Å². The number of thioether (sulfide) groups is 1. The van der Waals surface area contributed by atoms with Crippen molar-refractivity contribution in [1.82, 2.24) is 5.32 Å². The maximum absolute atomic E-state index is 12.1. The van der Waals surface area contributed by atoms with E-state index in [0.717, 1.165) is 33.8 Å². The Morgan fingerprint density at radius 3 is 3.15 bits per heavy atom. The second-order valence-electron chi connectivity index (χ2n) is 4.68. The quantitative estimate of drug-likeness (QED) is 0.849. The van der Waals surface area contributed by atoms with Crippen molar-refractivity contribution in [2.24, 2.45) is 0 Å². The third kappa shape index (κ3) is 4.48. The molecule has 0 aromatic heterocycles.